The van der Waals surface area contributed by atoms with Gasteiger partial charge in [-0.1, -0.05) is 309 Å². The van der Waals surface area contributed by atoms with Crippen LogP contribution in [0.25, 0.3) is 0 Å². The van der Waals surface area contributed by atoms with Crippen molar-refractivity contribution in [1.82, 2.24) is 0 Å². The summed E-state index contributed by atoms with van der Waals surface area (Å²) in [7, 11) is -4.40. The molecule has 478 valence electrons. The molecule has 0 saturated carbocycles. The Morgan fingerprint density at radius 1 is 0.361 bits per heavy atom. The molecule has 0 amide bonds. The van der Waals surface area contributed by atoms with Crippen LogP contribution in [0.15, 0.2) is 109 Å². The van der Waals surface area contributed by atoms with Gasteiger partial charge in [0.1, 0.15) is 6.61 Å². The van der Waals surface area contributed by atoms with Gasteiger partial charge >= 0.3 is 19.8 Å². The quantitative estimate of drug-likeness (QED) is 0.0264. The van der Waals surface area contributed by atoms with Crippen LogP contribution < -0.4 is 5.73 Å². The number of nitrogens with two attached hydrogens (primary N) is 1. The molecule has 83 heavy (non-hydrogen) atoms. The van der Waals surface area contributed by atoms with Gasteiger partial charge < -0.3 is 20.1 Å². The minimum Gasteiger partial charge on any atom is -0.462 e. The summed E-state index contributed by atoms with van der Waals surface area (Å²) in [6.45, 7) is 3.55. The fraction of sp³-hybridized carbons (Fsp3) is 0.726. The summed E-state index contributed by atoms with van der Waals surface area (Å²) >= 11 is 0. The summed E-state index contributed by atoms with van der Waals surface area (Å²) in [6.07, 6.45) is 93.2. The molecule has 0 aliphatic rings. The third-order valence-corrected chi connectivity index (χ3v) is 15.6. The fourth-order valence-corrected chi connectivity index (χ4v) is 10.4. The van der Waals surface area contributed by atoms with E-state index in [1.807, 2.05) is 0 Å². The molecule has 0 radical (unpaired) electrons. The summed E-state index contributed by atoms with van der Waals surface area (Å²) in [4.78, 5) is 35.4. The van der Waals surface area contributed by atoms with E-state index < -0.39 is 26.5 Å². The predicted octanol–water partition coefficient (Wildman–Crippen LogP) is 22.5. The molecular formula is C73H128NO8P. The molecule has 0 aliphatic carbocycles. The molecule has 0 spiro atoms. The van der Waals surface area contributed by atoms with Gasteiger partial charge in [0.05, 0.1) is 13.2 Å². The Labute approximate surface area is 511 Å². The maximum absolute atomic E-state index is 12.8. The van der Waals surface area contributed by atoms with E-state index in [4.69, 9.17) is 24.3 Å². The van der Waals surface area contributed by atoms with Gasteiger partial charge in [-0.05, 0) is 96.3 Å². The van der Waals surface area contributed by atoms with E-state index in [0.29, 0.717) is 6.42 Å². The van der Waals surface area contributed by atoms with Crippen molar-refractivity contribution in [2.24, 2.45) is 5.73 Å². The van der Waals surface area contributed by atoms with Crippen LogP contribution in [0, 0.1) is 0 Å². The third-order valence-electron chi connectivity index (χ3n) is 14.7. The second kappa shape index (κ2) is 67.8. The maximum atomic E-state index is 12.8. The lowest BCUT2D eigenvalue weighted by Gasteiger charge is -2.19. The molecule has 9 nitrogen and oxygen atoms in total. The van der Waals surface area contributed by atoms with Gasteiger partial charge in [0.15, 0.2) is 6.10 Å². The first kappa shape index (κ1) is 79.7. The molecule has 0 bridgehead atoms. The Morgan fingerprint density at radius 2 is 0.627 bits per heavy atom. The number of carbonyl (C=O) groups excluding carboxylic acids is 2. The number of phosphoric acid groups is 1. The Balaban J connectivity index is 3.87. The Bertz CT molecular complexity index is 1730. The zero-order valence-corrected chi connectivity index (χ0v) is 54.5. The van der Waals surface area contributed by atoms with Crippen LogP contribution in [-0.4, -0.2) is 49.3 Å². The molecule has 0 aliphatic heterocycles. The monoisotopic (exact) mass is 1180 g/mol. The number of allylic oxidation sites excluding steroid dienone is 18. The van der Waals surface area contributed by atoms with E-state index >= 15 is 0 Å². The highest BCUT2D eigenvalue weighted by molar-refractivity contribution is 7.47. The van der Waals surface area contributed by atoms with E-state index in [1.165, 1.54) is 180 Å². The molecule has 3 N–H and O–H groups in total. The normalized spacial score (nSPS) is 13.6. The van der Waals surface area contributed by atoms with Gasteiger partial charge in [0, 0.05) is 19.4 Å². The zero-order chi connectivity index (χ0) is 60.1. The minimum atomic E-state index is -4.40. The Kier molecular flexibility index (Phi) is 65.1. The molecular weight excluding hydrogens is 1050 g/mol. The number of phosphoric ester groups is 1. The molecule has 0 heterocycles. The molecule has 0 aromatic carbocycles. The lowest BCUT2D eigenvalue weighted by molar-refractivity contribution is -0.161. The molecule has 0 aromatic heterocycles. The van der Waals surface area contributed by atoms with Gasteiger partial charge in [-0.3, -0.25) is 18.6 Å². The summed E-state index contributed by atoms with van der Waals surface area (Å²) in [5, 5.41) is 0. The minimum absolute atomic E-state index is 0.0512. The Morgan fingerprint density at radius 3 is 0.928 bits per heavy atom. The number of esters is 2. The summed E-state index contributed by atoms with van der Waals surface area (Å²) in [5.74, 6) is -0.819. The second-order valence-corrected chi connectivity index (χ2v) is 24.1. The number of hydrogen-bond acceptors (Lipinski definition) is 8. The molecule has 2 atom stereocenters. The summed E-state index contributed by atoms with van der Waals surface area (Å²) in [5.41, 5.74) is 5.40. The highest BCUT2D eigenvalue weighted by Gasteiger charge is 2.26. The van der Waals surface area contributed by atoms with Crippen LogP contribution in [0.3, 0.4) is 0 Å². The largest absolute Gasteiger partial charge is 0.472 e. The molecule has 0 aromatic rings. The molecule has 0 saturated heterocycles. The van der Waals surface area contributed by atoms with E-state index in [0.717, 1.165) is 96.3 Å². The number of rotatable bonds is 64. The lowest BCUT2D eigenvalue weighted by Crippen LogP contribution is -2.29. The van der Waals surface area contributed by atoms with Crippen molar-refractivity contribution in [3.63, 3.8) is 0 Å². The smallest absolute Gasteiger partial charge is 0.462 e. The van der Waals surface area contributed by atoms with E-state index in [9.17, 15) is 19.0 Å². The van der Waals surface area contributed by atoms with Crippen LogP contribution in [-0.2, 0) is 32.7 Å². The highest BCUT2D eigenvalue weighted by atomic mass is 31.2. The average Bonchev–Trinajstić information content (AvgIpc) is 3.49. The van der Waals surface area contributed by atoms with Crippen LogP contribution in [0.2, 0.25) is 0 Å². The number of hydrogen-bond donors (Lipinski definition) is 2. The lowest BCUT2D eigenvalue weighted by atomic mass is 10.0. The standard InChI is InChI=1S/C73H128NO8P/c1-3-5-7-9-11-13-15-17-19-21-23-25-27-29-31-33-34-35-36-38-40-42-44-46-48-50-52-54-56-58-60-62-64-66-73(76)82-71(70-81-83(77,78)80-68-67-74)69-79-72(75)65-63-61-59-57-55-53-51-49-47-45-43-41-39-37-32-30-28-26-24-22-20-18-16-14-12-10-8-6-4-2/h5-8,11-14,17-20,23-26,29,31,71H,3-4,9-10,15-16,21-22,27-28,30,32-70,74H2,1-2H3,(H,77,78)/b7-5-,8-6-,13-11-,14-12-,19-17-,20-18-,25-23-,26-24-,31-29-. The maximum Gasteiger partial charge on any atom is 0.472 e. The van der Waals surface area contributed by atoms with Crippen molar-refractivity contribution < 1.29 is 37.6 Å². The predicted molar refractivity (Wildman–Crippen MR) is 358 cm³/mol. The molecule has 10 heteroatoms. The highest BCUT2D eigenvalue weighted by Crippen LogP contribution is 2.43. The van der Waals surface area contributed by atoms with Crippen molar-refractivity contribution in [2.75, 3.05) is 26.4 Å². The second-order valence-electron chi connectivity index (χ2n) is 22.6. The van der Waals surface area contributed by atoms with Gasteiger partial charge in [-0.15, -0.1) is 0 Å². The van der Waals surface area contributed by atoms with Crippen LogP contribution in [0.5, 0.6) is 0 Å². The first-order valence-corrected chi connectivity index (χ1v) is 35.9. The van der Waals surface area contributed by atoms with Crippen LogP contribution >= 0.6 is 7.82 Å². The van der Waals surface area contributed by atoms with Crippen molar-refractivity contribution >= 4 is 19.8 Å². The number of ether oxygens (including phenoxy) is 2. The summed E-state index contributed by atoms with van der Waals surface area (Å²) < 4.78 is 33.2. The first-order valence-electron chi connectivity index (χ1n) is 34.4. The van der Waals surface area contributed by atoms with Crippen molar-refractivity contribution in [2.45, 2.75) is 315 Å². The van der Waals surface area contributed by atoms with E-state index in [2.05, 4.69) is 123 Å². The van der Waals surface area contributed by atoms with Crippen molar-refractivity contribution in [1.29, 1.82) is 0 Å². The summed E-state index contributed by atoms with van der Waals surface area (Å²) in [6, 6.07) is 0. The first-order chi connectivity index (χ1) is 40.8. The van der Waals surface area contributed by atoms with Crippen LogP contribution in [0.4, 0.5) is 0 Å². The molecule has 2 unspecified atom stereocenters. The number of carbonyl (C=O) groups is 2. The Hall–Kier alpha value is -3.33. The van der Waals surface area contributed by atoms with Crippen molar-refractivity contribution in [3.8, 4) is 0 Å². The average molecular weight is 1180 g/mol. The third kappa shape index (κ3) is 67.7. The molecule has 0 fully saturated rings. The number of unbranched alkanes of at least 4 members (excludes halogenated alkanes) is 33. The van der Waals surface area contributed by atoms with Gasteiger partial charge in [-0.2, -0.15) is 0 Å². The van der Waals surface area contributed by atoms with Gasteiger partial charge in [-0.25, -0.2) is 4.57 Å². The SMILES string of the molecule is CC/C=C\C/C=C\C/C=C\C/C=C\C/C=C\CCCCCCCCCCCCCCCCCCCC(=O)OC(COC(=O)CCCCCCCCCCCCCCCCCC/C=C\C/C=C\C/C=C\C/C=C\CC)COP(=O)(O)OCCN. The zero-order valence-electron chi connectivity index (χ0n) is 53.7. The fourth-order valence-electron chi connectivity index (χ4n) is 9.66. The topological polar surface area (TPSA) is 134 Å². The van der Waals surface area contributed by atoms with E-state index in [1.54, 1.807) is 0 Å². The van der Waals surface area contributed by atoms with Crippen molar-refractivity contribution in [3.05, 3.63) is 109 Å². The van der Waals surface area contributed by atoms with Gasteiger partial charge in [0.2, 0.25) is 0 Å². The van der Waals surface area contributed by atoms with Gasteiger partial charge in [0.25, 0.3) is 0 Å². The van der Waals surface area contributed by atoms with E-state index in [-0.39, 0.29) is 38.6 Å². The molecule has 0 rings (SSSR count). The van der Waals surface area contributed by atoms with Crippen LogP contribution in [0.1, 0.15) is 309 Å².